The van der Waals surface area contributed by atoms with Gasteiger partial charge in [-0.2, -0.15) is 0 Å². The normalized spacial score (nSPS) is 14.2. The fourth-order valence-corrected chi connectivity index (χ4v) is 5.11. The third-order valence-corrected chi connectivity index (χ3v) is 4.91. The Morgan fingerprint density at radius 2 is 1.08 bits per heavy atom. The summed E-state index contributed by atoms with van der Waals surface area (Å²) in [6.45, 7) is 20.0. The molecule has 2 N–H and O–H groups in total. The van der Waals surface area contributed by atoms with Gasteiger partial charge < -0.3 is 10.2 Å². The molecule has 0 unspecified atom stereocenters. The second kappa shape index (κ2) is 7.67. The van der Waals surface area contributed by atoms with Crippen molar-refractivity contribution in [2.24, 2.45) is 33.5 Å². The van der Waals surface area contributed by atoms with Crippen LogP contribution < -0.4 is 0 Å². The summed E-state index contributed by atoms with van der Waals surface area (Å²) < 4.78 is 0. The van der Waals surface area contributed by atoms with Crippen LogP contribution in [0.1, 0.15) is 88.5 Å². The Morgan fingerprint density at radius 3 is 1.24 bits per heavy atom. The smallest absolute Gasteiger partial charge is 0.321 e. The monoisotopic (exact) mass is 356 g/mol. The van der Waals surface area contributed by atoms with E-state index in [0.717, 1.165) is 0 Å². The quantitative estimate of drug-likeness (QED) is 0.547. The maximum absolute atomic E-state index is 12.5. The zero-order valence-corrected chi connectivity index (χ0v) is 18.0. The third kappa shape index (κ3) is 5.46. The molecule has 0 radical (unpaired) electrons. The topological polar surface area (TPSA) is 74.6 Å². The molecule has 25 heavy (non-hydrogen) atoms. The van der Waals surface area contributed by atoms with Crippen LogP contribution in [0.5, 0.6) is 0 Å². The molecule has 0 aromatic heterocycles. The van der Waals surface area contributed by atoms with Crippen LogP contribution >= 0.6 is 0 Å². The second-order valence-electron chi connectivity index (χ2n) is 10.9. The number of carboxylic acids is 2. The Kier molecular flexibility index (Phi) is 7.35. The first-order chi connectivity index (χ1) is 10.9. The lowest BCUT2D eigenvalue weighted by atomic mass is 9.48. The van der Waals surface area contributed by atoms with Gasteiger partial charge in [-0.1, -0.05) is 69.2 Å². The summed E-state index contributed by atoms with van der Waals surface area (Å²) in [6.07, 6.45) is 1.71. The molecule has 0 rings (SSSR count). The summed E-state index contributed by atoms with van der Waals surface area (Å²) in [5.41, 5.74) is -2.99. The fourth-order valence-electron chi connectivity index (χ4n) is 5.11. The highest BCUT2D eigenvalue weighted by Crippen LogP contribution is 2.59. The molecular formula is C21H40O4. The summed E-state index contributed by atoms with van der Waals surface area (Å²) in [5.74, 6) is -2.71. The van der Waals surface area contributed by atoms with E-state index in [9.17, 15) is 19.8 Å². The maximum Gasteiger partial charge on any atom is 0.321 e. The molecule has 0 aromatic carbocycles. The summed E-state index contributed by atoms with van der Waals surface area (Å²) in [6, 6.07) is 0. The molecule has 0 saturated heterocycles. The molecule has 0 aliphatic heterocycles. The Hall–Kier alpha value is -1.06. The average molecular weight is 357 g/mol. The van der Waals surface area contributed by atoms with Gasteiger partial charge in [0, 0.05) is 0 Å². The number of aliphatic carboxylic acids is 2. The first-order valence-corrected chi connectivity index (χ1v) is 9.38. The highest BCUT2D eigenvalue weighted by Gasteiger charge is 2.65. The van der Waals surface area contributed by atoms with Crippen LogP contribution in [0.3, 0.4) is 0 Å². The Balaban J connectivity index is 6.93. The van der Waals surface area contributed by atoms with E-state index in [-0.39, 0.29) is 16.7 Å². The minimum Gasteiger partial charge on any atom is -0.480 e. The number of hydrogen-bond acceptors (Lipinski definition) is 2. The van der Waals surface area contributed by atoms with Crippen LogP contribution in [0.2, 0.25) is 0 Å². The molecular weight excluding hydrogens is 316 g/mol. The van der Waals surface area contributed by atoms with Crippen LogP contribution in [-0.4, -0.2) is 22.2 Å². The molecule has 0 saturated carbocycles. The van der Waals surface area contributed by atoms with Gasteiger partial charge >= 0.3 is 11.9 Å². The van der Waals surface area contributed by atoms with Gasteiger partial charge in [0.2, 0.25) is 0 Å². The van der Waals surface area contributed by atoms with Gasteiger partial charge in [0.05, 0.1) is 0 Å². The third-order valence-electron chi connectivity index (χ3n) is 4.91. The van der Waals surface area contributed by atoms with Crippen LogP contribution in [0.25, 0.3) is 0 Å². The van der Waals surface area contributed by atoms with Gasteiger partial charge in [0.25, 0.3) is 0 Å². The number of carbonyl (C=O) groups is 2. The highest BCUT2D eigenvalue weighted by atomic mass is 16.4. The van der Waals surface area contributed by atoms with E-state index in [0.29, 0.717) is 19.3 Å². The standard InChI is InChI=1S/C21H40O4/c1-14(2)11-20(12-18(5,6)7,13-19(8,9)10)21(15(3)4,16(22)23)17(24)25/h14-15H,11-13H2,1-10H3,(H,22,23)(H,24,25). The molecule has 0 bridgehead atoms. The van der Waals surface area contributed by atoms with Crippen molar-refractivity contribution in [3.05, 3.63) is 0 Å². The zero-order valence-electron chi connectivity index (χ0n) is 18.0. The van der Waals surface area contributed by atoms with Gasteiger partial charge in [0.1, 0.15) is 0 Å². The second-order valence-corrected chi connectivity index (χ2v) is 10.9. The number of rotatable bonds is 8. The fraction of sp³-hybridized carbons (Fsp3) is 0.905. The Bertz CT molecular complexity index is 445. The predicted octanol–water partition coefficient (Wildman–Crippen LogP) is 5.70. The summed E-state index contributed by atoms with van der Waals surface area (Å²) in [7, 11) is 0. The summed E-state index contributed by atoms with van der Waals surface area (Å²) in [4.78, 5) is 25.0. The summed E-state index contributed by atoms with van der Waals surface area (Å²) in [5, 5.41) is 20.5. The molecule has 0 fully saturated rings. The summed E-state index contributed by atoms with van der Waals surface area (Å²) >= 11 is 0. The van der Waals surface area contributed by atoms with E-state index in [1.165, 1.54) is 0 Å². The van der Waals surface area contributed by atoms with Gasteiger partial charge in [0.15, 0.2) is 5.41 Å². The lowest BCUT2D eigenvalue weighted by Crippen LogP contribution is -2.59. The minimum atomic E-state index is -1.81. The van der Waals surface area contributed by atoms with Crippen molar-refractivity contribution in [3.8, 4) is 0 Å². The Labute approximate surface area is 154 Å². The van der Waals surface area contributed by atoms with E-state index in [4.69, 9.17) is 0 Å². The van der Waals surface area contributed by atoms with Gasteiger partial charge in [-0.05, 0) is 47.3 Å². The largest absolute Gasteiger partial charge is 0.480 e. The Morgan fingerprint density at radius 1 is 0.760 bits per heavy atom. The minimum absolute atomic E-state index is 0.175. The van der Waals surface area contributed by atoms with E-state index < -0.39 is 28.7 Å². The average Bonchev–Trinajstić information content (AvgIpc) is 2.19. The molecule has 0 amide bonds. The molecule has 148 valence electrons. The van der Waals surface area contributed by atoms with Crippen LogP contribution in [0.4, 0.5) is 0 Å². The molecule has 0 aromatic rings. The van der Waals surface area contributed by atoms with Crippen molar-refractivity contribution in [1.82, 2.24) is 0 Å². The molecule has 4 nitrogen and oxygen atoms in total. The first kappa shape index (κ1) is 23.9. The lowest BCUT2D eigenvalue weighted by molar-refractivity contribution is -0.189. The molecule has 0 atom stereocenters. The molecule has 0 aliphatic carbocycles. The lowest BCUT2D eigenvalue weighted by Gasteiger charge is -2.53. The first-order valence-electron chi connectivity index (χ1n) is 9.38. The van der Waals surface area contributed by atoms with Gasteiger partial charge in [-0.25, -0.2) is 0 Å². The van der Waals surface area contributed by atoms with E-state index in [1.807, 2.05) is 0 Å². The molecule has 0 spiro atoms. The molecule has 4 heteroatoms. The van der Waals surface area contributed by atoms with Gasteiger partial charge in [-0.3, -0.25) is 9.59 Å². The zero-order chi connectivity index (χ0) is 20.4. The maximum atomic E-state index is 12.5. The number of hydrogen-bond donors (Lipinski definition) is 2. The predicted molar refractivity (Wildman–Crippen MR) is 103 cm³/mol. The van der Waals surface area contributed by atoms with Crippen molar-refractivity contribution < 1.29 is 19.8 Å². The van der Waals surface area contributed by atoms with Crippen molar-refractivity contribution in [2.45, 2.75) is 88.5 Å². The van der Waals surface area contributed by atoms with Crippen molar-refractivity contribution in [2.75, 3.05) is 0 Å². The van der Waals surface area contributed by atoms with Crippen LogP contribution in [0.15, 0.2) is 0 Å². The van der Waals surface area contributed by atoms with Crippen molar-refractivity contribution >= 4 is 11.9 Å². The van der Waals surface area contributed by atoms with E-state index in [1.54, 1.807) is 13.8 Å². The van der Waals surface area contributed by atoms with Crippen LogP contribution in [0, 0.1) is 33.5 Å². The molecule has 0 aliphatic rings. The van der Waals surface area contributed by atoms with Crippen molar-refractivity contribution in [1.29, 1.82) is 0 Å². The van der Waals surface area contributed by atoms with Crippen LogP contribution in [-0.2, 0) is 9.59 Å². The van der Waals surface area contributed by atoms with Crippen molar-refractivity contribution in [3.63, 3.8) is 0 Å². The SMILES string of the molecule is CC(C)CC(CC(C)(C)C)(CC(C)(C)C)C(C(=O)O)(C(=O)O)C(C)C. The highest BCUT2D eigenvalue weighted by molar-refractivity contribution is 5.99. The van der Waals surface area contributed by atoms with E-state index >= 15 is 0 Å². The van der Waals surface area contributed by atoms with E-state index in [2.05, 4.69) is 55.4 Å². The molecule has 0 heterocycles. The van der Waals surface area contributed by atoms with Gasteiger partial charge in [-0.15, -0.1) is 0 Å². The number of carboxylic acid groups (broad SMARTS) is 2.